The van der Waals surface area contributed by atoms with E-state index in [1.54, 1.807) is 48.5 Å². The highest BCUT2D eigenvalue weighted by Gasteiger charge is 2.13. The Morgan fingerprint density at radius 1 is 0.897 bits per heavy atom. The predicted molar refractivity (Wildman–Crippen MR) is 118 cm³/mol. The van der Waals surface area contributed by atoms with E-state index in [0.717, 1.165) is 8.95 Å². The van der Waals surface area contributed by atoms with Crippen LogP contribution < -0.4 is 10.1 Å². The van der Waals surface area contributed by atoms with E-state index < -0.39 is 11.9 Å². The van der Waals surface area contributed by atoms with E-state index in [4.69, 9.17) is 4.74 Å². The van der Waals surface area contributed by atoms with Gasteiger partial charge in [0.25, 0.3) is 5.91 Å². The van der Waals surface area contributed by atoms with Gasteiger partial charge in [0.1, 0.15) is 17.2 Å². The van der Waals surface area contributed by atoms with Gasteiger partial charge in [-0.1, -0.05) is 40.2 Å². The molecule has 3 rings (SSSR count). The second-order valence-electron chi connectivity index (χ2n) is 5.93. The molecule has 5 nitrogen and oxygen atoms in total. The number of amides is 1. The lowest BCUT2D eigenvalue weighted by molar-refractivity contribution is -0.132. The van der Waals surface area contributed by atoms with Crippen LogP contribution in [0.1, 0.15) is 15.9 Å². The van der Waals surface area contributed by atoms with Gasteiger partial charge in [0, 0.05) is 10.0 Å². The lowest BCUT2D eigenvalue weighted by Crippen LogP contribution is -2.27. The first kappa shape index (κ1) is 20.8. The number of nitrogens with one attached hydrogen (secondary N) is 1. The second-order valence-corrected chi connectivity index (χ2v) is 7.70. The van der Waals surface area contributed by atoms with Crippen molar-refractivity contribution in [2.75, 3.05) is 0 Å². The maximum atomic E-state index is 12.3. The number of para-hydroxylation sites is 1. The number of carbonyl (C=O) groups is 2. The van der Waals surface area contributed by atoms with Crippen LogP contribution in [-0.4, -0.2) is 17.0 Å². The van der Waals surface area contributed by atoms with E-state index >= 15 is 0 Å². The number of benzene rings is 3. The zero-order valence-electron chi connectivity index (χ0n) is 14.9. The van der Waals surface area contributed by atoms with Crippen molar-refractivity contribution in [2.45, 2.75) is 0 Å². The summed E-state index contributed by atoms with van der Waals surface area (Å²) in [5.41, 5.74) is 0.743. The minimum Gasteiger partial charge on any atom is -0.477 e. The van der Waals surface area contributed by atoms with Crippen molar-refractivity contribution in [3.63, 3.8) is 0 Å². The van der Waals surface area contributed by atoms with Crippen molar-refractivity contribution in [1.82, 2.24) is 5.32 Å². The normalized spacial score (nSPS) is 11.0. The molecule has 3 aromatic rings. The maximum Gasteiger partial charge on any atom is 0.352 e. The molecule has 0 fully saturated rings. The first-order valence-electron chi connectivity index (χ1n) is 8.47. The molecule has 0 radical (unpaired) electrons. The topological polar surface area (TPSA) is 75.6 Å². The summed E-state index contributed by atoms with van der Waals surface area (Å²) in [5, 5.41) is 11.9. The van der Waals surface area contributed by atoms with Crippen LogP contribution in [0.4, 0.5) is 0 Å². The summed E-state index contributed by atoms with van der Waals surface area (Å²) < 4.78 is 7.44. The average molecular weight is 517 g/mol. The Balaban J connectivity index is 1.75. The fourth-order valence-electron chi connectivity index (χ4n) is 2.40. The molecular weight excluding hydrogens is 502 g/mol. The number of hydrogen-bond donors (Lipinski definition) is 2. The van der Waals surface area contributed by atoms with Gasteiger partial charge < -0.3 is 15.2 Å². The first-order chi connectivity index (χ1) is 13.9. The van der Waals surface area contributed by atoms with Gasteiger partial charge in [-0.05, 0) is 76.1 Å². The van der Waals surface area contributed by atoms with Crippen LogP contribution >= 0.6 is 31.9 Å². The Morgan fingerprint density at radius 3 is 2.17 bits per heavy atom. The molecule has 0 aromatic heterocycles. The van der Waals surface area contributed by atoms with Crippen LogP contribution in [0.2, 0.25) is 0 Å². The molecular formula is C22H15Br2NO4. The van der Waals surface area contributed by atoms with Gasteiger partial charge in [-0.2, -0.15) is 0 Å². The molecule has 0 saturated heterocycles. The van der Waals surface area contributed by atoms with Gasteiger partial charge >= 0.3 is 5.97 Å². The Hall–Kier alpha value is -2.90. The molecule has 0 saturated carbocycles. The highest BCUT2D eigenvalue weighted by Crippen LogP contribution is 2.29. The molecule has 0 aliphatic carbocycles. The van der Waals surface area contributed by atoms with E-state index in [-0.39, 0.29) is 5.70 Å². The summed E-state index contributed by atoms with van der Waals surface area (Å²) in [7, 11) is 0. The van der Waals surface area contributed by atoms with Crippen LogP contribution in [0.25, 0.3) is 6.08 Å². The SMILES string of the molecule is O=C(O)/C(=C/c1ccc(Oc2ccccc2Br)cc1)NC(=O)c1ccc(Br)cc1. The number of halogens is 2. The lowest BCUT2D eigenvalue weighted by Gasteiger charge is -2.09. The molecule has 0 unspecified atom stereocenters. The Bertz CT molecular complexity index is 1060. The molecule has 2 N–H and O–H groups in total. The number of carboxylic acid groups (broad SMARTS) is 1. The third-order valence-corrected chi connectivity index (χ3v) is 5.02. The Labute approximate surface area is 184 Å². The zero-order chi connectivity index (χ0) is 20.8. The van der Waals surface area contributed by atoms with Crippen molar-refractivity contribution >= 4 is 49.8 Å². The van der Waals surface area contributed by atoms with Gasteiger partial charge in [0.05, 0.1) is 4.47 Å². The average Bonchev–Trinajstić information content (AvgIpc) is 2.71. The molecule has 0 aliphatic heterocycles. The number of ether oxygens (including phenoxy) is 1. The van der Waals surface area contributed by atoms with Gasteiger partial charge in [-0.25, -0.2) is 4.79 Å². The van der Waals surface area contributed by atoms with E-state index in [1.807, 2.05) is 24.3 Å². The second kappa shape index (κ2) is 9.54. The lowest BCUT2D eigenvalue weighted by atomic mass is 10.1. The number of carbonyl (C=O) groups excluding carboxylic acids is 1. The highest BCUT2D eigenvalue weighted by molar-refractivity contribution is 9.10. The maximum absolute atomic E-state index is 12.3. The summed E-state index contributed by atoms with van der Waals surface area (Å²) in [4.78, 5) is 23.8. The predicted octanol–water partition coefficient (Wildman–Crippen LogP) is 5.86. The molecule has 146 valence electrons. The van der Waals surface area contributed by atoms with Gasteiger partial charge in [-0.3, -0.25) is 4.79 Å². The molecule has 0 heterocycles. The number of aliphatic carboxylic acids is 1. The zero-order valence-corrected chi connectivity index (χ0v) is 18.1. The Morgan fingerprint density at radius 2 is 1.55 bits per heavy atom. The Kier molecular flexibility index (Phi) is 6.85. The highest BCUT2D eigenvalue weighted by atomic mass is 79.9. The molecule has 0 bridgehead atoms. The fourth-order valence-corrected chi connectivity index (χ4v) is 3.03. The van der Waals surface area contributed by atoms with Crippen LogP contribution in [0, 0.1) is 0 Å². The minimum absolute atomic E-state index is 0.225. The summed E-state index contributed by atoms with van der Waals surface area (Å²) in [5.74, 6) is -0.461. The number of carboxylic acids is 1. The van der Waals surface area contributed by atoms with Crippen molar-refractivity contribution in [3.8, 4) is 11.5 Å². The van der Waals surface area contributed by atoms with Gasteiger partial charge in [0.2, 0.25) is 0 Å². The molecule has 3 aromatic carbocycles. The molecule has 1 amide bonds. The third kappa shape index (κ3) is 5.79. The standard InChI is InChI=1S/C22H15Br2NO4/c23-16-9-7-15(8-10-16)21(26)25-19(22(27)28)13-14-5-11-17(12-6-14)29-20-4-2-1-3-18(20)24/h1-13H,(H,25,26)(H,27,28)/b19-13-. The monoisotopic (exact) mass is 515 g/mol. The quantitative estimate of drug-likeness (QED) is 0.402. The van der Waals surface area contributed by atoms with Gasteiger partial charge in [0.15, 0.2) is 0 Å². The fraction of sp³-hybridized carbons (Fsp3) is 0. The summed E-state index contributed by atoms with van der Waals surface area (Å²) in [6, 6.07) is 21.0. The number of rotatable bonds is 6. The number of hydrogen-bond acceptors (Lipinski definition) is 3. The largest absolute Gasteiger partial charge is 0.477 e. The van der Waals surface area contributed by atoms with E-state index in [1.165, 1.54) is 6.08 Å². The van der Waals surface area contributed by atoms with Crippen LogP contribution in [-0.2, 0) is 4.79 Å². The molecule has 0 spiro atoms. The molecule has 0 aliphatic rings. The van der Waals surface area contributed by atoms with Crippen LogP contribution in [0.3, 0.4) is 0 Å². The van der Waals surface area contributed by atoms with E-state index in [2.05, 4.69) is 37.2 Å². The summed E-state index contributed by atoms with van der Waals surface area (Å²) in [6.45, 7) is 0. The van der Waals surface area contributed by atoms with Crippen molar-refractivity contribution < 1.29 is 19.4 Å². The molecule has 0 atom stereocenters. The van der Waals surface area contributed by atoms with Crippen LogP contribution in [0.15, 0.2) is 87.4 Å². The van der Waals surface area contributed by atoms with Crippen molar-refractivity contribution in [1.29, 1.82) is 0 Å². The van der Waals surface area contributed by atoms with E-state index in [9.17, 15) is 14.7 Å². The van der Waals surface area contributed by atoms with Crippen molar-refractivity contribution in [3.05, 3.63) is 98.6 Å². The van der Waals surface area contributed by atoms with Crippen LogP contribution in [0.5, 0.6) is 11.5 Å². The molecule has 7 heteroatoms. The van der Waals surface area contributed by atoms with Crippen molar-refractivity contribution in [2.24, 2.45) is 0 Å². The summed E-state index contributed by atoms with van der Waals surface area (Å²) in [6.07, 6.45) is 1.39. The minimum atomic E-state index is -1.23. The first-order valence-corrected chi connectivity index (χ1v) is 10.1. The smallest absolute Gasteiger partial charge is 0.352 e. The van der Waals surface area contributed by atoms with E-state index in [0.29, 0.717) is 22.6 Å². The van der Waals surface area contributed by atoms with Gasteiger partial charge in [-0.15, -0.1) is 0 Å². The summed E-state index contributed by atoms with van der Waals surface area (Å²) >= 11 is 6.71. The third-order valence-electron chi connectivity index (χ3n) is 3.84. The molecule has 29 heavy (non-hydrogen) atoms.